The van der Waals surface area contributed by atoms with Gasteiger partial charge in [-0.3, -0.25) is 0 Å². The van der Waals surface area contributed by atoms with E-state index in [9.17, 15) is 4.79 Å². The van der Waals surface area contributed by atoms with E-state index in [1.807, 2.05) is 6.07 Å². The first kappa shape index (κ1) is 22.6. The lowest BCUT2D eigenvalue weighted by atomic mass is 9.92. The number of ether oxygens (including phenoxy) is 1. The summed E-state index contributed by atoms with van der Waals surface area (Å²) < 4.78 is 5.89. The molecular weight excluding hydrogens is 392 g/mol. The molecule has 4 aromatic rings. The average Bonchev–Trinajstić information content (AvgIpc) is 2.82. The van der Waals surface area contributed by atoms with Crippen LogP contribution < -0.4 is 0 Å². The molecule has 0 saturated carbocycles. The van der Waals surface area contributed by atoms with Crippen molar-refractivity contribution < 1.29 is 9.53 Å². The Morgan fingerprint density at radius 3 is 2.12 bits per heavy atom. The Balaban J connectivity index is 1.47. The summed E-state index contributed by atoms with van der Waals surface area (Å²) >= 11 is 0. The first-order chi connectivity index (χ1) is 15.7. The van der Waals surface area contributed by atoms with E-state index in [-0.39, 0.29) is 5.97 Å². The van der Waals surface area contributed by atoms with Gasteiger partial charge in [-0.25, -0.2) is 4.79 Å². The zero-order valence-electron chi connectivity index (χ0n) is 19.7. The molecule has 2 nitrogen and oxygen atoms in total. The smallest absolute Gasteiger partial charge is 0.338 e. The van der Waals surface area contributed by atoms with E-state index in [1.54, 1.807) is 0 Å². The van der Waals surface area contributed by atoms with Gasteiger partial charge in [-0.15, -0.1) is 0 Å². The van der Waals surface area contributed by atoms with Crippen molar-refractivity contribution in [2.45, 2.75) is 71.6 Å². The zero-order chi connectivity index (χ0) is 22.3. The summed E-state index contributed by atoms with van der Waals surface area (Å²) in [6.07, 6.45) is 11.3. The first-order valence-corrected chi connectivity index (χ1v) is 12.6. The lowest BCUT2D eigenvalue weighted by Gasteiger charge is -2.17. The third-order valence-electron chi connectivity index (χ3n) is 6.86. The molecule has 0 spiro atoms. The summed E-state index contributed by atoms with van der Waals surface area (Å²) in [6.45, 7) is 5.01. The van der Waals surface area contributed by atoms with Crippen LogP contribution in [0.2, 0.25) is 0 Å². The molecule has 2 heteroatoms. The van der Waals surface area contributed by atoms with Crippen LogP contribution in [0.1, 0.15) is 82.0 Å². The number of unbranched alkanes of at least 4 members (excludes halogenated alkanes) is 5. The molecule has 0 heterocycles. The summed E-state index contributed by atoms with van der Waals surface area (Å²) in [5, 5.41) is 7.02. The van der Waals surface area contributed by atoms with Crippen LogP contribution >= 0.6 is 0 Å². The normalized spacial score (nSPS) is 12.7. The lowest BCUT2D eigenvalue weighted by molar-refractivity contribution is 0.0426. The van der Waals surface area contributed by atoms with Crippen LogP contribution in [0, 0.1) is 5.92 Å². The van der Waals surface area contributed by atoms with Gasteiger partial charge < -0.3 is 4.74 Å². The van der Waals surface area contributed by atoms with E-state index in [1.165, 1.54) is 65.5 Å². The molecule has 4 aromatic carbocycles. The minimum Gasteiger partial charge on any atom is -0.462 e. The van der Waals surface area contributed by atoms with Gasteiger partial charge in [-0.05, 0) is 57.1 Å². The minimum absolute atomic E-state index is 0.188. The SMILES string of the molecule is CCCCCCCCC(CCC)COC(=O)c1ccc2ccc3cccc4ccc1c2c34. The Hall–Kier alpha value is -2.61. The number of hydrogen-bond donors (Lipinski definition) is 0. The standard InChI is InChI=1S/C30H36O2/c1-3-5-6-7-8-9-12-22(11-4-2)21-32-30(31)27-20-18-25-16-15-23-13-10-14-24-17-19-26(27)29(25)28(23)24/h10,13-20,22H,3-9,11-12,21H2,1-2H3. The number of carbonyl (C=O) groups is 1. The molecule has 0 radical (unpaired) electrons. The Morgan fingerprint density at radius 2 is 1.38 bits per heavy atom. The Labute approximate surface area is 192 Å². The molecule has 0 fully saturated rings. The number of rotatable bonds is 12. The highest BCUT2D eigenvalue weighted by Crippen LogP contribution is 2.36. The van der Waals surface area contributed by atoms with Gasteiger partial charge in [0.2, 0.25) is 0 Å². The monoisotopic (exact) mass is 428 g/mol. The molecule has 0 aliphatic carbocycles. The molecule has 0 aliphatic heterocycles. The third-order valence-corrected chi connectivity index (χ3v) is 6.86. The highest BCUT2D eigenvalue weighted by Gasteiger charge is 2.18. The lowest BCUT2D eigenvalue weighted by Crippen LogP contribution is -2.15. The Kier molecular flexibility index (Phi) is 7.63. The predicted octanol–water partition coefficient (Wildman–Crippen LogP) is 8.91. The van der Waals surface area contributed by atoms with Crippen molar-refractivity contribution in [3.63, 3.8) is 0 Å². The molecule has 0 amide bonds. The van der Waals surface area contributed by atoms with Crippen molar-refractivity contribution in [2.75, 3.05) is 6.61 Å². The molecule has 168 valence electrons. The summed E-state index contributed by atoms with van der Waals surface area (Å²) in [5.41, 5.74) is 0.686. The second kappa shape index (κ2) is 10.8. The van der Waals surface area contributed by atoms with Crippen LogP contribution in [0.3, 0.4) is 0 Å². The van der Waals surface area contributed by atoms with Gasteiger partial charge in [0.15, 0.2) is 0 Å². The van der Waals surface area contributed by atoms with Crippen LogP contribution in [-0.4, -0.2) is 12.6 Å². The van der Waals surface area contributed by atoms with Gasteiger partial charge in [-0.2, -0.15) is 0 Å². The fourth-order valence-electron chi connectivity index (χ4n) is 5.12. The Bertz CT molecular complexity index is 1140. The number of hydrogen-bond acceptors (Lipinski definition) is 2. The van der Waals surface area contributed by atoms with Gasteiger partial charge in [-0.1, -0.05) is 107 Å². The van der Waals surface area contributed by atoms with Gasteiger partial charge in [0, 0.05) is 0 Å². The maximum Gasteiger partial charge on any atom is 0.338 e. The molecule has 0 aliphatic rings. The second-order valence-electron chi connectivity index (χ2n) is 9.28. The van der Waals surface area contributed by atoms with Crippen LogP contribution in [0.25, 0.3) is 32.3 Å². The van der Waals surface area contributed by atoms with Crippen LogP contribution in [0.15, 0.2) is 54.6 Å². The molecule has 0 N–H and O–H groups in total. The summed E-state index contributed by atoms with van der Waals surface area (Å²) in [6, 6.07) is 18.9. The Morgan fingerprint density at radius 1 is 0.719 bits per heavy atom. The van der Waals surface area contributed by atoms with Gasteiger partial charge in [0.1, 0.15) is 0 Å². The molecule has 0 saturated heterocycles. The molecule has 0 aromatic heterocycles. The van der Waals surface area contributed by atoms with E-state index in [4.69, 9.17) is 4.74 Å². The van der Waals surface area contributed by atoms with Crippen molar-refractivity contribution in [3.8, 4) is 0 Å². The maximum absolute atomic E-state index is 13.1. The van der Waals surface area contributed by atoms with Crippen molar-refractivity contribution in [2.24, 2.45) is 5.92 Å². The first-order valence-electron chi connectivity index (χ1n) is 12.6. The number of esters is 1. The second-order valence-corrected chi connectivity index (χ2v) is 9.28. The van der Waals surface area contributed by atoms with Crippen molar-refractivity contribution in [1.29, 1.82) is 0 Å². The topological polar surface area (TPSA) is 26.3 Å². The van der Waals surface area contributed by atoms with E-state index < -0.39 is 0 Å². The summed E-state index contributed by atoms with van der Waals surface area (Å²) in [7, 11) is 0. The van der Waals surface area contributed by atoms with E-state index in [2.05, 4.69) is 62.4 Å². The predicted molar refractivity (Wildman–Crippen MR) is 137 cm³/mol. The van der Waals surface area contributed by atoms with Gasteiger partial charge >= 0.3 is 5.97 Å². The highest BCUT2D eigenvalue weighted by atomic mass is 16.5. The maximum atomic E-state index is 13.1. The molecule has 32 heavy (non-hydrogen) atoms. The highest BCUT2D eigenvalue weighted by molar-refractivity contribution is 6.25. The average molecular weight is 429 g/mol. The molecule has 4 rings (SSSR count). The largest absolute Gasteiger partial charge is 0.462 e. The van der Waals surface area contributed by atoms with E-state index in [0.717, 1.165) is 24.6 Å². The minimum atomic E-state index is -0.188. The van der Waals surface area contributed by atoms with Crippen LogP contribution in [0.5, 0.6) is 0 Å². The zero-order valence-corrected chi connectivity index (χ0v) is 19.7. The van der Waals surface area contributed by atoms with E-state index >= 15 is 0 Å². The summed E-state index contributed by atoms with van der Waals surface area (Å²) in [4.78, 5) is 13.1. The van der Waals surface area contributed by atoms with Crippen LogP contribution in [-0.2, 0) is 4.74 Å². The number of carbonyl (C=O) groups excluding carboxylic acids is 1. The molecule has 0 bridgehead atoms. The van der Waals surface area contributed by atoms with Gasteiger partial charge in [0.25, 0.3) is 0 Å². The number of benzene rings is 4. The third kappa shape index (κ3) is 4.90. The van der Waals surface area contributed by atoms with Crippen molar-refractivity contribution in [3.05, 3.63) is 60.2 Å². The quantitative estimate of drug-likeness (QED) is 0.128. The molecule has 1 unspecified atom stereocenters. The van der Waals surface area contributed by atoms with E-state index in [0.29, 0.717) is 18.1 Å². The van der Waals surface area contributed by atoms with Crippen molar-refractivity contribution in [1.82, 2.24) is 0 Å². The van der Waals surface area contributed by atoms with Crippen molar-refractivity contribution >= 4 is 38.3 Å². The molecule has 1 atom stereocenters. The van der Waals surface area contributed by atoms with Crippen LogP contribution in [0.4, 0.5) is 0 Å². The summed E-state index contributed by atoms with van der Waals surface area (Å²) in [5.74, 6) is 0.280. The van der Waals surface area contributed by atoms with Gasteiger partial charge in [0.05, 0.1) is 12.2 Å². The fraction of sp³-hybridized carbons (Fsp3) is 0.433. The fourth-order valence-corrected chi connectivity index (χ4v) is 5.12. The molecular formula is C30H36O2.